The van der Waals surface area contributed by atoms with E-state index in [-0.39, 0.29) is 6.73 Å². The summed E-state index contributed by atoms with van der Waals surface area (Å²) in [7, 11) is 0. The van der Waals surface area contributed by atoms with Crippen molar-refractivity contribution in [3.63, 3.8) is 0 Å². The van der Waals surface area contributed by atoms with E-state index >= 15 is 0 Å². The molecule has 0 spiro atoms. The third-order valence-corrected chi connectivity index (χ3v) is 3.30. The Hall–Kier alpha value is -2.08. The van der Waals surface area contributed by atoms with Gasteiger partial charge < -0.3 is 15.8 Å². The van der Waals surface area contributed by atoms with Crippen molar-refractivity contribution in [2.75, 3.05) is 19.8 Å². The van der Waals surface area contributed by atoms with E-state index < -0.39 is 6.03 Å². The number of nitrogens with two attached hydrogens (primary N) is 1. The van der Waals surface area contributed by atoms with Crippen LogP contribution in [0.15, 0.2) is 12.1 Å². The van der Waals surface area contributed by atoms with Gasteiger partial charge in [-0.3, -0.25) is 9.69 Å². The molecule has 1 aromatic carbocycles. The molecule has 1 rings (SSSR count). The molecule has 3 amide bonds. The van der Waals surface area contributed by atoms with Crippen LogP contribution in [0.25, 0.3) is 0 Å². The number of carbonyl (C=O) groups excluding carboxylic acids is 2. The van der Waals surface area contributed by atoms with Crippen molar-refractivity contribution in [2.24, 2.45) is 5.73 Å². The topological polar surface area (TPSA) is 84.7 Å². The summed E-state index contributed by atoms with van der Waals surface area (Å²) in [6.45, 7) is 6.66. The summed E-state index contributed by atoms with van der Waals surface area (Å²) in [5.74, 6) is 0.759. The zero-order chi connectivity index (χ0) is 15.8. The molecule has 0 bridgehead atoms. The number of urea groups is 1. The number of aryl methyl sites for hydroxylation is 2. The SMILES string of the molecule is Cc1ccc(C)c(OCNC(=O)N(C=O)CCCN)c1C. The molecule has 1 aromatic rings. The molecule has 0 aliphatic carbocycles. The number of nitrogens with zero attached hydrogens (tertiary/aromatic N) is 1. The minimum Gasteiger partial charge on any atom is -0.473 e. The van der Waals surface area contributed by atoms with E-state index in [1.807, 2.05) is 32.9 Å². The molecule has 0 atom stereocenters. The normalized spacial score (nSPS) is 10.1. The smallest absolute Gasteiger partial charge is 0.326 e. The van der Waals surface area contributed by atoms with Crippen LogP contribution in [0.4, 0.5) is 4.79 Å². The Morgan fingerprint density at radius 1 is 1.33 bits per heavy atom. The minimum absolute atomic E-state index is 0.0108. The van der Waals surface area contributed by atoms with Gasteiger partial charge in [0.05, 0.1) is 0 Å². The van der Waals surface area contributed by atoms with Gasteiger partial charge in [-0.05, 0) is 50.4 Å². The fourth-order valence-corrected chi connectivity index (χ4v) is 1.88. The second-order valence-electron chi connectivity index (χ2n) is 4.87. The van der Waals surface area contributed by atoms with Crippen LogP contribution >= 0.6 is 0 Å². The molecular formula is C15H23N3O3. The van der Waals surface area contributed by atoms with Crippen molar-refractivity contribution in [3.05, 3.63) is 28.8 Å². The average molecular weight is 293 g/mol. The number of amides is 3. The fraction of sp³-hybridized carbons (Fsp3) is 0.467. The van der Waals surface area contributed by atoms with Gasteiger partial charge in [0.2, 0.25) is 6.41 Å². The van der Waals surface area contributed by atoms with Crippen LogP contribution in [0.1, 0.15) is 23.1 Å². The molecule has 6 heteroatoms. The molecule has 0 radical (unpaired) electrons. The van der Waals surface area contributed by atoms with Crippen molar-refractivity contribution in [1.29, 1.82) is 0 Å². The van der Waals surface area contributed by atoms with Crippen LogP contribution in [-0.2, 0) is 4.79 Å². The highest BCUT2D eigenvalue weighted by molar-refractivity contribution is 5.84. The van der Waals surface area contributed by atoms with Crippen LogP contribution in [0, 0.1) is 20.8 Å². The van der Waals surface area contributed by atoms with Gasteiger partial charge in [0.25, 0.3) is 0 Å². The van der Waals surface area contributed by atoms with Crippen molar-refractivity contribution in [1.82, 2.24) is 10.2 Å². The van der Waals surface area contributed by atoms with Gasteiger partial charge in [-0.2, -0.15) is 0 Å². The molecule has 0 heterocycles. The minimum atomic E-state index is -0.485. The Morgan fingerprint density at radius 2 is 2.00 bits per heavy atom. The Balaban J connectivity index is 2.55. The maximum atomic E-state index is 11.8. The number of hydrogen-bond donors (Lipinski definition) is 2. The summed E-state index contributed by atoms with van der Waals surface area (Å²) in [5, 5.41) is 2.56. The van der Waals surface area contributed by atoms with E-state index in [2.05, 4.69) is 5.32 Å². The maximum absolute atomic E-state index is 11.8. The first-order chi connectivity index (χ1) is 10.0. The van der Waals surface area contributed by atoms with Gasteiger partial charge >= 0.3 is 6.03 Å². The molecule has 0 saturated carbocycles. The van der Waals surface area contributed by atoms with Crippen molar-refractivity contribution < 1.29 is 14.3 Å². The first-order valence-corrected chi connectivity index (χ1v) is 6.90. The molecule has 0 aliphatic heterocycles. The molecule has 0 unspecified atom stereocenters. The number of carbonyl (C=O) groups is 2. The van der Waals surface area contributed by atoms with Gasteiger partial charge in [-0.1, -0.05) is 12.1 Å². The van der Waals surface area contributed by atoms with Crippen LogP contribution in [0.5, 0.6) is 5.75 Å². The van der Waals surface area contributed by atoms with Crippen LogP contribution in [0.3, 0.4) is 0 Å². The molecule has 0 fully saturated rings. The van der Waals surface area contributed by atoms with E-state index in [1.54, 1.807) is 0 Å². The third-order valence-electron chi connectivity index (χ3n) is 3.30. The lowest BCUT2D eigenvalue weighted by Gasteiger charge is -2.18. The Kier molecular flexibility index (Phi) is 6.68. The lowest BCUT2D eigenvalue weighted by atomic mass is 10.1. The average Bonchev–Trinajstić information content (AvgIpc) is 2.47. The lowest BCUT2D eigenvalue weighted by Crippen LogP contribution is -2.41. The molecule has 0 saturated heterocycles. The van der Waals surface area contributed by atoms with Crippen molar-refractivity contribution in [2.45, 2.75) is 27.2 Å². The highest BCUT2D eigenvalue weighted by atomic mass is 16.5. The number of hydrogen-bond acceptors (Lipinski definition) is 4. The standard InChI is InChI=1S/C15H23N3O3/c1-11-5-6-12(2)14(13(11)3)21-9-17-15(20)18(10-19)8-4-7-16/h5-6,10H,4,7-9,16H2,1-3H3,(H,17,20). The van der Waals surface area contributed by atoms with E-state index in [0.717, 1.165) is 27.3 Å². The van der Waals surface area contributed by atoms with E-state index in [0.29, 0.717) is 25.9 Å². The first kappa shape index (κ1) is 17.0. The molecule has 116 valence electrons. The summed E-state index contributed by atoms with van der Waals surface area (Å²) >= 11 is 0. The molecule has 0 aliphatic rings. The van der Waals surface area contributed by atoms with Crippen LogP contribution in [0.2, 0.25) is 0 Å². The van der Waals surface area contributed by atoms with Crippen molar-refractivity contribution in [3.8, 4) is 5.75 Å². The van der Waals surface area contributed by atoms with E-state index in [1.165, 1.54) is 0 Å². The van der Waals surface area contributed by atoms with Gasteiger partial charge in [0.15, 0.2) is 6.73 Å². The summed E-state index contributed by atoms with van der Waals surface area (Å²) in [4.78, 5) is 23.6. The number of nitrogens with one attached hydrogen (secondary N) is 1. The zero-order valence-corrected chi connectivity index (χ0v) is 12.8. The summed E-state index contributed by atoms with van der Waals surface area (Å²) in [5.41, 5.74) is 8.52. The molecule has 6 nitrogen and oxygen atoms in total. The molecular weight excluding hydrogens is 270 g/mol. The van der Waals surface area contributed by atoms with Gasteiger partial charge in [-0.25, -0.2) is 4.79 Å². The molecule has 0 aromatic heterocycles. The van der Waals surface area contributed by atoms with Gasteiger partial charge in [-0.15, -0.1) is 0 Å². The predicted molar refractivity (Wildman–Crippen MR) is 81.1 cm³/mol. The molecule has 3 N–H and O–H groups in total. The Bertz CT molecular complexity index is 503. The Morgan fingerprint density at radius 3 is 2.62 bits per heavy atom. The predicted octanol–water partition coefficient (Wildman–Crippen LogP) is 1.46. The summed E-state index contributed by atoms with van der Waals surface area (Å²) < 4.78 is 5.62. The second-order valence-corrected chi connectivity index (χ2v) is 4.87. The summed E-state index contributed by atoms with van der Waals surface area (Å²) in [6, 6.07) is 3.51. The number of benzene rings is 1. The number of ether oxygens (including phenoxy) is 1. The quantitative estimate of drug-likeness (QED) is 0.589. The second kappa shape index (κ2) is 8.26. The van der Waals surface area contributed by atoms with Gasteiger partial charge in [0.1, 0.15) is 5.75 Å². The number of rotatable bonds is 7. The van der Waals surface area contributed by atoms with E-state index in [4.69, 9.17) is 10.5 Å². The van der Waals surface area contributed by atoms with Crippen LogP contribution < -0.4 is 15.8 Å². The zero-order valence-electron chi connectivity index (χ0n) is 12.8. The largest absolute Gasteiger partial charge is 0.473 e. The monoisotopic (exact) mass is 293 g/mol. The number of imide groups is 1. The highest BCUT2D eigenvalue weighted by Gasteiger charge is 2.12. The van der Waals surface area contributed by atoms with Crippen molar-refractivity contribution >= 4 is 12.4 Å². The lowest BCUT2D eigenvalue weighted by molar-refractivity contribution is -0.115. The maximum Gasteiger partial charge on any atom is 0.326 e. The highest BCUT2D eigenvalue weighted by Crippen LogP contribution is 2.25. The molecule has 21 heavy (non-hydrogen) atoms. The summed E-state index contributed by atoms with van der Waals surface area (Å²) in [6.07, 6.45) is 1.07. The third kappa shape index (κ3) is 4.75. The first-order valence-electron chi connectivity index (χ1n) is 6.90. The van der Waals surface area contributed by atoms with Gasteiger partial charge in [0, 0.05) is 6.54 Å². The fourth-order valence-electron chi connectivity index (χ4n) is 1.88. The van der Waals surface area contributed by atoms with E-state index in [9.17, 15) is 9.59 Å². The van der Waals surface area contributed by atoms with Crippen LogP contribution in [-0.4, -0.2) is 37.2 Å². The Labute approximate surface area is 125 Å².